The molecule has 0 bridgehead atoms. The normalized spacial score (nSPS) is 15.4. The molecule has 1 aliphatic heterocycles. The molecule has 1 aliphatic rings. The number of nitrogens with one attached hydrogen (secondary N) is 2. The van der Waals surface area contributed by atoms with Crippen molar-refractivity contribution in [1.29, 1.82) is 0 Å². The first kappa shape index (κ1) is 13.2. The van der Waals surface area contributed by atoms with Gasteiger partial charge in [0.2, 0.25) is 0 Å². The highest BCUT2D eigenvalue weighted by atomic mass is 16.5. The highest BCUT2D eigenvalue weighted by Crippen LogP contribution is 2.28. The van der Waals surface area contributed by atoms with Crippen LogP contribution in [0, 0.1) is 0 Å². The molecule has 0 saturated heterocycles. The van der Waals surface area contributed by atoms with Crippen molar-refractivity contribution in [3.05, 3.63) is 23.8 Å². The summed E-state index contributed by atoms with van der Waals surface area (Å²) in [5.74, 6) is 0.950. The fraction of sp³-hybridized carbons (Fsp3) is 0.571. The van der Waals surface area contributed by atoms with E-state index in [0.717, 1.165) is 44.0 Å². The summed E-state index contributed by atoms with van der Waals surface area (Å²) in [7, 11) is 0. The molecule has 0 radical (unpaired) electrons. The second-order valence-electron chi connectivity index (χ2n) is 4.74. The van der Waals surface area contributed by atoms with Crippen LogP contribution in [0.25, 0.3) is 0 Å². The minimum atomic E-state index is 0.250. The monoisotopic (exact) mass is 250 g/mol. The van der Waals surface area contributed by atoms with Gasteiger partial charge in [-0.15, -0.1) is 0 Å². The van der Waals surface area contributed by atoms with Gasteiger partial charge in [0.15, 0.2) is 0 Å². The van der Waals surface area contributed by atoms with E-state index in [0.29, 0.717) is 6.04 Å². The Balaban J connectivity index is 1.89. The number of hydrogen-bond acceptors (Lipinski definition) is 4. The molecule has 0 aromatic heterocycles. The lowest BCUT2D eigenvalue weighted by molar-refractivity contribution is 0.283. The van der Waals surface area contributed by atoms with Crippen molar-refractivity contribution in [1.82, 2.24) is 5.32 Å². The predicted octanol–water partition coefficient (Wildman–Crippen LogP) is 1.39. The molecule has 1 unspecified atom stereocenters. The lowest BCUT2D eigenvalue weighted by Crippen LogP contribution is -2.29. The summed E-state index contributed by atoms with van der Waals surface area (Å²) in [6, 6.07) is 6.74. The van der Waals surface area contributed by atoms with Gasteiger partial charge >= 0.3 is 0 Å². The van der Waals surface area contributed by atoms with Crippen molar-refractivity contribution in [2.75, 3.05) is 31.6 Å². The van der Waals surface area contributed by atoms with Crippen LogP contribution in [0.5, 0.6) is 5.75 Å². The van der Waals surface area contributed by atoms with Crippen molar-refractivity contribution >= 4 is 5.69 Å². The molecule has 0 spiro atoms. The lowest BCUT2D eigenvalue weighted by atomic mass is 10.1. The largest absolute Gasteiger partial charge is 0.490 e. The fourth-order valence-corrected chi connectivity index (χ4v) is 2.17. The van der Waals surface area contributed by atoms with Gasteiger partial charge in [0, 0.05) is 19.2 Å². The molecule has 3 N–H and O–H groups in total. The summed E-state index contributed by atoms with van der Waals surface area (Å²) in [4.78, 5) is 0. The van der Waals surface area contributed by atoms with Crippen molar-refractivity contribution in [3.63, 3.8) is 0 Å². The molecule has 0 aliphatic carbocycles. The van der Waals surface area contributed by atoms with Gasteiger partial charge in [-0.05, 0) is 44.0 Å². The van der Waals surface area contributed by atoms with Crippen LogP contribution in [0.3, 0.4) is 0 Å². The summed E-state index contributed by atoms with van der Waals surface area (Å²) in [6.45, 7) is 4.90. The average Bonchev–Trinajstić information content (AvgIpc) is 2.39. The zero-order valence-electron chi connectivity index (χ0n) is 10.9. The van der Waals surface area contributed by atoms with E-state index < -0.39 is 0 Å². The van der Waals surface area contributed by atoms with Crippen LogP contribution in [0.15, 0.2) is 18.2 Å². The Bertz CT molecular complexity index is 382. The lowest BCUT2D eigenvalue weighted by Gasteiger charge is -2.20. The first-order chi connectivity index (χ1) is 8.79. The third kappa shape index (κ3) is 3.62. The number of anilines is 1. The minimum Gasteiger partial charge on any atom is -0.490 e. The van der Waals surface area contributed by atoms with E-state index in [9.17, 15) is 0 Å². The Morgan fingerprint density at radius 2 is 2.39 bits per heavy atom. The fourth-order valence-electron chi connectivity index (χ4n) is 2.17. The molecule has 1 aromatic rings. The van der Waals surface area contributed by atoms with Gasteiger partial charge in [0.25, 0.3) is 0 Å². The van der Waals surface area contributed by atoms with Crippen molar-refractivity contribution < 1.29 is 9.84 Å². The molecule has 0 amide bonds. The number of ether oxygens (including phenoxy) is 1. The van der Waals surface area contributed by atoms with Crippen LogP contribution in [0.1, 0.15) is 18.9 Å². The van der Waals surface area contributed by atoms with Gasteiger partial charge in [-0.25, -0.2) is 0 Å². The van der Waals surface area contributed by atoms with E-state index in [1.165, 1.54) is 5.56 Å². The van der Waals surface area contributed by atoms with E-state index in [-0.39, 0.29) is 6.61 Å². The molecule has 100 valence electrons. The maximum atomic E-state index is 8.74. The zero-order chi connectivity index (χ0) is 12.8. The highest BCUT2D eigenvalue weighted by Gasteiger charge is 2.10. The Morgan fingerprint density at radius 1 is 1.50 bits per heavy atom. The topological polar surface area (TPSA) is 53.5 Å². The van der Waals surface area contributed by atoms with E-state index in [1.807, 2.05) is 6.07 Å². The van der Waals surface area contributed by atoms with Crippen molar-refractivity contribution in [2.24, 2.45) is 0 Å². The van der Waals surface area contributed by atoms with Gasteiger partial charge in [-0.1, -0.05) is 6.07 Å². The quantitative estimate of drug-likeness (QED) is 0.668. The Morgan fingerprint density at radius 3 is 3.22 bits per heavy atom. The van der Waals surface area contributed by atoms with Crippen LogP contribution in [0.2, 0.25) is 0 Å². The molecule has 18 heavy (non-hydrogen) atoms. The minimum absolute atomic E-state index is 0.250. The van der Waals surface area contributed by atoms with E-state index in [2.05, 4.69) is 29.7 Å². The van der Waals surface area contributed by atoms with Gasteiger partial charge in [-0.3, -0.25) is 0 Å². The van der Waals surface area contributed by atoms with Crippen molar-refractivity contribution in [2.45, 2.75) is 25.8 Å². The predicted molar refractivity (Wildman–Crippen MR) is 73.3 cm³/mol. The van der Waals surface area contributed by atoms with E-state index >= 15 is 0 Å². The summed E-state index contributed by atoms with van der Waals surface area (Å²) in [5, 5.41) is 15.5. The Labute approximate surface area is 108 Å². The third-order valence-electron chi connectivity index (χ3n) is 3.09. The maximum absolute atomic E-state index is 8.74. The molecular formula is C14H22N2O2. The molecule has 0 saturated carbocycles. The third-order valence-corrected chi connectivity index (χ3v) is 3.09. The first-order valence-corrected chi connectivity index (χ1v) is 6.63. The van der Waals surface area contributed by atoms with Crippen LogP contribution >= 0.6 is 0 Å². The first-order valence-electron chi connectivity index (χ1n) is 6.63. The second-order valence-corrected chi connectivity index (χ2v) is 4.74. The van der Waals surface area contributed by atoms with Crippen LogP contribution in [-0.4, -0.2) is 37.5 Å². The highest BCUT2D eigenvalue weighted by molar-refractivity contribution is 5.59. The average molecular weight is 250 g/mol. The standard InChI is InChI=1S/C14H22N2O2/c1-11(15-5-2-7-17)9-12-3-4-14-13(10-12)16-6-8-18-14/h3-4,10-11,15-17H,2,5-9H2,1H3. The van der Waals surface area contributed by atoms with E-state index in [4.69, 9.17) is 9.84 Å². The van der Waals surface area contributed by atoms with Gasteiger partial charge in [-0.2, -0.15) is 0 Å². The summed E-state index contributed by atoms with van der Waals surface area (Å²) in [5.41, 5.74) is 2.40. The number of hydrogen-bond donors (Lipinski definition) is 3. The molecule has 4 nitrogen and oxygen atoms in total. The van der Waals surface area contributed by atoms with Crippen LogP contribution in [-0.2, 0) is 6.42 Å². The molecule has 1 atom stereocenters. The van der Waals surface area contributed by atoms with Crippen LogP contribution < -0.4 is 15.4 Å². The number of aliphatic hydroxyl groups is 1. The maximum Gasteiger partial charge on any atom is 0.142 e. The summed E-state index contributed by atoms with van der Waals surface area (Å²) in [6.07, 6.45) is 1.80. The van der Waals surface area contributed by atoms with Gasteiger partial charge in [0.05, 0.1) is 5.69 Å². The summed E-state index contributed by atoms with van der Waals surface area (Å²) >= 11 is 0. The molecule has 4 heteroatoms. The number of rotatable bonds is 6. The molecular weight excluding hydrogens is 228 g/mol. The van der Waals surface area contributed by atoms with E-state index in [1.54, 1.807) is 0 Å². The Kier molecular flexibility index (Phi) is 4.84. The van der Waals surface area contributed by atoms with Gasteiger partial charge in [0.1, 0.15) is 12.4 Å². The SMILES string of the molecule is CC(Cc1ccc2c(c1)NCCO2)NCCCO. The van der Waals surface area contributed by atoms with Crippen LogP contribution in [0.4, 0.5) is 5.69 Å². The zero-order valence-corrected chi connectivity index (χ0v) is 10.9. The number of aliphatic hydroxyl groups excluding tert-OH is 1. The molecule has 2 rings (SSSR count). The second kappa shape index (κ2) is 6.61. The number of fused-ring (bicyclic) bond motifs is 1. The Hall–Kier alpha value is -1.26. The molecule has 1 aromatic carbocycles. The van der Waals surface area contributed by atoms with Gasteiger partial charge < -0.3 is 20.5 Å². The summed E-state index contributed by atoms with van der Waals surface area (Å²) < 4.78 is 5.56. The number of benzene rings is 1. The smallest absolute Gasteiger partial charge is 0.142 e. The molecule has 1 heterocycles. The molecule has 0 fully saturated rings. The van der Waals surface area contributed by atoms with Crippen molar-refractivity contribution in [3.8, 4) is 5.75 Å².